The SMILES string of the molecule is C=C(CC(N)=O)OC1C(=C)OCC2=C1C=C1c3nc4ccc(O)cc4c(CC)c3CN1C2=C. The highest BCUT2D eigenvalue weighted by atomic mass is 16.5. The number of phenolic OH excluding ortho intramolecular Hbond substituents is 1. The van der Waals surface area contributed by atoms with Crippen molar-refractivity contribution < 1.29 is 19.4 Å². The highest BCUT2D eigenvalue weighted by molar-refractivity contribution is 5.90. The summed E-state index contributed by atoms with van der Waals surface area (Å²) in [6, 6.07) is 5.27. The molecule has 3 N–H and O–H groups in total. The molecule has 0 saturated heterocycles. The maximum Gasteiger partial charge on any atom is 0.224 e. The number of aromatic nitrogens is 1. The molecule has 0 bridgehead atoms. The molecule has 0 fully saturated rings. The van der Waals surface area contributed by atoms with Crippen molar-refractivity contribution in [2.75, 3.05) is 6.61 Å². The molecule has 1 unspecified atom stereocenters. The van der Waals surface area contributed by atoms with E-state index >= 15 is 0 Å². The van der Waals surface area contributed by atoms with Gasteiger partial charge < -0.3 is 25.2 Å². The largest absolute Gasteiger partial charge is 0.508 e. The number of carbonyl (C=O) groups excluding carboxylic acids is 1. The third kappa shape index (κ3) is 3.28. The Morgan fingerprint density at radius 2 is 2.18 bits per heavy atom. The van der Waals surface area contributed by atoms with Crippen LogP contribution >= 0.6 is 0 Å². The Labute approximate surface area is 191 Å². The highest BCUT2D eigenvalue weighted by Gasteiger charge is 2.39. The van der Waals surface area contributed by atoms with E-state index in [1.807, 2.05) is 12.1 Å². The van der Waals surface area contributed by atoms with E-state index in [4.69, 9.17) is 20.2 Å². The minimum atomic E-state index is -0.626. The van der Waals surface area contributed by atoms with Crippen molar-refractivity contribution in [2.45, 2.75) is 32.4 Å². The average Bonchev–Trinajstić information content (AvgIpc) is 3.12. The van der Waals surface area contributed by atoms with Gasteiger partial charge in [0.05, 0.1) is 35.6 Å². The fourth-order valence-electron chi connectivity index (χ4n) is 4.81. The van der Waals surface area contributed by atoms with Crippen molar-refractivity contribution in [1.29, 1.82) is 0 Å². The maximum absolute atomic E-state index is 11.3. The lowest BCUT2D eigenvalue weighted by atomic mass is 9.92. The number of amides is 1. The number of carbonyl (C=O) groups is 1. The van der Waals surface area contributed by atoms with Crippen molar-refractivity contribution in [3.05, 3.63) is 89.2 Å². The van der Waals surface area contributed by atoms with Gasteiger partial charge in [-0.2, -0.15) is 0 Å². The van der Waals surface area contributed by atoms with Crippen LogP contribution in [0.3, 0.4) is 0 Å². The minimum absolute atomic E-state index is 0.0842. The van der Waals surface area contributed by atoms with Gasteiger partial charge >= 0.3 is 0 Å². The molecule has 1 atom stereocenters. The van der Waals surface area contributed by atoms with Crippen LogP contribution in [0.15, 0.2) is 72.4 Å². The molecule has 0 saturated carbocycles. The van der Waals surface area contributed by atoms with E-state index in [-0.39, 0.29) is 17.9 Å². The molecule has 33 heavy (non-hydrogen) atoms. The summed E-state index contributed by atoms with van der Waals surface area (Å²) in [4.78, 5) is 18.4. The van der Waals surface area contributed by atoms with Gasteiger partial charge in [0.25, 0.3) is 0 Å². The van der Waals surface area contributed by atoms with E-state index < -0.39 is 12.0 Å². The van der Waals surface area contributed by atoms with Crippen molar-refractivity contribution >= 4 is 22.5 Å². The number of aromatic hydroxyl groups is 1. The second kappa shape index (κ2) is 7.55. The molecule has 2 aromatic rings. The molecule has 7 nitrogen and oxygen atoms in total. The number of fused-ring (bicyclic) bond motifs is 4. The third-order valence-electron chi connectivity index (χ3n) is 6.34. The molecule has 7 heteroatoms. The first-order valence-electron chi connectivity index (χ1n) is 10.8. The van der Waals surface area contributed by atoms with Gasteiger partial charge in [-0.25, -0.2) is 4.98 Å². The lowest BCUT2D eigenvalue weighted by molar-refractivity contribution is -0.118. The van der Waals surface area contributed by atoms with Crippen LogP contribution in [-0.2, 0) is 27.2 Å². The van der Waals surface area contributed by atoms with Gasteiger partial charge in [0, 0.05) is 27.8 Å². The molecule has 1 amide bonds. The number of rotatable bonds is 5. The van der Waals surface area contributed by atoms with Crippen molar-refractivity contribution in [3.8, 4) is 5.75 Å². The zero-order valence-electron chi connectivity index (χ0n) is 18.5. The first-order valence-corrected chi connectivity index (χ1v) is 10.8. The zero-order chi connectivity index (χ0) is 23.4. The number of hydrogen-bond donors (Lipinski definition) is 2. The summed E-state index contributed by atoms with van der Waals surface area (Å²) in [5.41, 5.74) is 12.8. The predicted molar refractivity (Wildman–Crippen MR) is 125 cm³/mol. The highest BCUT2D eigenvalue weighted by Crippen LogP contribution is 2.46. The Bertz CT molecular complexity index is 1330. The van der Waals surface area contributed by atoms with Gasteiger partial charge in [-0.3, -0.25) is 4.79 Å². The Balaban J connectivity index is 1.63. The van der Waals surface area contributed by atoms with E-state index in [1.54, 1.807) is 12.1 Å². The van der Waals surface area contributed by atoms with Crippen LogP contribution < -0.4 is 5.73 Å². The summed E-state index contributed by atoms with van der Waals surface area (Å²) < 4.78 is 11.8. The molecule has 0 aliphatic carbocycles. The molecule has 1 aromatic carbocycles. The molecule has 4 heterocycles. The second-order valence-electron chi connectivity index (χ2n) is 8.40. The molecule has 3 aliphatic rings. The van der Waals surface area contributed by atoms with Crippen LogP contribution in [0.25, 0.3) is 16.6 Å². The average molecular weight is 444 g/mol. The van der Waals surface area contributed by atoms with Gasteiger partial charge in [0.15, 0.2) is 6.10 Å². The van der Waals surface area contributed by atoms with Crippen molar-refractivity contribution in [2.24, 2.45) is 5.73 Å². The topological polar surface area (TPSA) is 97.9 Å². The van der Waals surface area contributed by atoms with Gasteiger partial charge in [-0.1, -0.05) is 26.7 Å². The van der Waals surface area contributed by atoms with Crippen LogP contribution in [0, 0.1) is 0 Å². The lowest BCUT2D eigenvalue weighted by Crippen LogP contribution is -2.32. The van der Waals surface area contributed by atoms with Crippen LogP contribution in [0.4, 0.5) is 0 Å². The molecule has 0 radical (unpaired) electrons. The molecular formula is C26H25N3O4. The number of aryl methyl sites for hydroxylation is 1. The third-order valence-corrected chi connectivity index (χ3v) is 6.34. The van der Waals surface area contributed by atoms with Crippen LogP contribution in [0.2, 0.25) is 0 Å². The summed E-state index contributed by atoms with van der Waals surface area (Å²) in [5.74, 6) is 0.392. The fraction of sp³-hybridized carbons (Fsp3) is 0.231. The zero-order valence-corrected chi connectivity index (χ0v) is 18.5. The van der Waals surface area contributed by atoms with Crippen molar-refractivity contribution in [3.63, 3.8) is 0 Å². The van der Waals surface area contributed by atoms with Gasteiger partial charge in [0.1, 0.15) is 18.1 Å². The smallest absolute Gasteiger partial charge is 0.224 e. The minimum Gasteiger partial charge on any atom is -0.508 e. The van der Waals surface area contributed by atoms with Gasteiger partial charge in [-0.15, -0.1) is 0 Å². The molecule has 3 aliphatic heterocycles. The number of pyridine rings is 1. The quantitative estimate of drug-likeness (QED) is 0.682. The molecule has 5 rings (SSSR count). The summed E-state index contributed by atoms with van der Waals surface area (Å²) >= 11 is 0. The van der Waals surface area contributed by atoms with Crippen LogP contribution in [-0.4, -0.2) is 33.6 Å². The normalized spacial score (nSPS) is 19.0. The number of phenols is 1. The first kappa shape index (κ1) is 20.9. The Morgan fingerprint density at radius 1 is 1.39 bits per heavy atom. The molecular weight excluding hydrogens is 418 g/mol. The second-order valence-corrected chi connectivity index (χ2v) is 8.40. The monoisotopic (exact) mass is 443 g/mol. The predicted octanol–water partition coefficient (Wildman–Crippen LogP) is 3.80. The Morgan fingerprint density at radius 3 is 2.91 bits per heavy atom. The van der Waals surface area contributed by atoms with E-state index in [0.29, 0.717) is 18.9 Å². The molecule has 1 aromatic heterocycles. The van der Waals surface area contributed by atoms with Gasteiger partial charge in [-0.05, 0) is 36.3 Å². The maximum atomic E-state index is 11.3. The first-order chi connectivity index (χ1) is 15.8. The standard InChI is InChI=1S/C26H25N3O4/c1-5-17-18-9-16(30)6-7-22(18)28-25-20(17)11-29-14(3)21-12-32-15(4)26(19(21)10-23(25)29)33-13(2)8-24(27)31/h6-7,9-10,26,30H,2-5,8,11-12H2,1H3,(H2,27,31). The van der Waals surface area contributed by atoms with E-state index in [2.05, 4.69) is 31.6 Å². The summed E-state index contributed by atoms with van der Waals surface area (Å²) in [7, 11) is 0. The fourth-order valence-corrected chi connectivity index (χ4v) is 4.81. The summed E-state index contributed by atoms with van der Waals surface area (Å²) in [6.45, 7) is 15.2. The number of primary amides is 1. The number of hydrogen-bond acceptors (Lipinski definition) is 6. The summed E-state index contributed by atoms with van der Waals surface area (Å²) in [6.07, 6.45) is 2.15. The van der Waals surface area contributed by atoms with E-state index in [0.717, 1.165) is 56.7 Å². The summed E-state index contributed by atoms with van der Waals surface area (Å²) in [5, 5.41) is 11.0. The molecule has 168 valence electrons. The van der Waals surface area contributed by atoms with Crippen LogP contribution in [0.1, 0.15) is 30.2 Å². The number of nitrogens with two attached hydrogens (primary N) is 1. The number of ether oxygens (including phenoxy) is 2. The van der Waals surface area contributed by atoms with Gasteiger partial charge in [0.2, 0.25) is 5.91 Å². The van der Waals surface area contributed by atoms with Crippen LogP contribution in [0.5, 0.6) is 5.75 Å². The number of benzene rings is 1. The Kier molecular flexibility index (Phi) is 4.78. The number of nitrogens with zero attached hydrogens (tertiary/aromatic N) is 2. The van der Waals surface area contributed by atoms with E-state index in [1.165, 1.54) is 0 Å². The lowest BCUT2D eigenvalue weighted by Gasteiger charge is -2.37. The Hall–Kier alpha value is -4.00. The van der Waals surface area contributed by atoms with E-state index in [9.17, 15) is 9.90 Å². The van der Waals surface area contributed by atoms with Crippen molar-refractivity contribution in [1.82, 2.24) is 9.88 Å². The molecule has 0 spiro atoms.